The number of rotatable bonds is 2. The van der Waals surface area contributed by atoms with Gasteiger partial charge in [0.1, 0.15) is 17.0 Å². The predicted octanol–water partition coefficient (Wildman–Crippen LogP) is 0.855. The average Bonchev–Trinajstić information content (AvgIpc) is 2.87. The highest BCUT2D eigenvalue weighted by atomic mass is 32.1. The van der Waals surface area contributed by atoms with Crippen LogP contribution in [0, 0.1) is 0 Å². The zero-order chi connectivity index (χ0) is 11.7. The molecule has 0 radical (unpaired) electrons. The first-order chi connectivity index (χ1) is 8.38. The van der Waals surface area contributed by atoms with Crippen molar-refractivity contribution in [2.24, 2.45) is 5.73 Å². The summed E-state index contributed by atoms with van der Waals surface area (Å²) in [6, 6.07) is 2.07. The Kier molecular flexibility index (Phi) is 2.92. The van der Waals surface area contributed by atoms with Crippen molar-refractivity contribution in [2.45, 2.75) is 6.10 Å². The number of nitrogens with zero attached hydrogens (tertiary/aromatic N) is 3. The average molecular weight is 250 g/mol. The molecule has 90 valence electrons. The number of hydrogen-bond acceptors (Lipinski definition) is 6. The molecule has 6 heteroatoms. The van der Waals surface area contributed by atoms with Crippen LogP contribution in [-0.4, -0.2) is 42.3 Å². The van der Waals surface area contributed by atoms with Crippen LogP contribution < -0.4 is 10.6 Å². The number of thiophene rings is 1. The third-order valence-electron chi connectivity index (χ3n) is 2.94. The lowest BCUT2D eigenvalue weighted by molar-refractivity contribution is 0.0464. The van der Waals surface area contributed by atoms with Crippen LogP contribution >= 0.6 is 11.3 Å². The number of anilines is 1. The molecule has 3 heterocycles. The lowest BCUT2D eigenvalue weighted by Gasteiger charge is -2.33. The van der Waals surface area contributed by atoms with Gasteiger partial charge in [0.15, 0.2) is 0 Å². The van der Waals surface area contributed by atoms with Crippen LogP contribution in [0.25, 0.3) is 10.2 Å². The van der Waals surface area contributed by atoms with Gasteiger partial charge in [-0.2, -0.15) is 0 Å². The van der Waals surface area contributed by atoms with E-state index in [4.69, 9.17) is 10.5 Å². The van der Waals surface area contributed by atoms with Crippen LogP contribution in [0.2, 0.25) is 0 Å². The molecule has 1 unspecified atom stereocenters. The van der Waals surface area contributed by atoms with Gasteiger partial charge in [-0.1, -0.05) is 0 Å². The van der Waals surface area contributed by atoms with E-state index in [2.05, 4.69) is 20.9 Å². The molecule has 1 atom stereocenters. The Labute approximate surface area is 103 Å². The second-order valence-electron chi connectivity index (χ2n) is 4.01. The third kappa shape index (κ3) is 1.99. The molecule has 0 bridgehead atoms. The smallest absolute Gasteiger partial charge is 0.140 e. The Morgan fingerprint density at radius 2 is 2.47 bits per heavy atom. The van der Waals surface area contributed by atoms with E-state index >= 15 is 0 Å². The number of fused-ring (bicyclic) bond motifs is 1. The highest BCUT2D eigenvalue weighted by Crippen LogP contribution is 2.27. The minimum atomic E-state index is 0.104. The molecule has 2 aromatic rings. The maximum absolute atomic E-state index is 5.65. The van der Waals surface area contributed by atoms with Gasteiger partial charge >= 0.3 is 0 Å². The van der Waals surface area contributed by atoms with Crippen LogP contribution in [-0.2, 0) is 4.74 Å². The van der Waals surface area contributed by atoms with E-state index < -0.39 is 0 Å². The molecule has 1 saturated heterocycles. The number of nitrogens with two attached hydrogens (primary N) is 1. The molecule has 1 aliphatic rings. The quantitative estimate of drug-likeness (QED) is 0.856. The van der Waals surface area contributed by atoms with Crippen LogP contribution in [0.3, 0.4) is 0 Å². The number of aromatic nitrogens is 2. The van der Waals surface area contributed by atoms with Crippen LogP contribution in [0.4, 0.5) is 5.82 Å². The molecular weight excluding hydrogens is 236 g/mol. The predicted molar refractivity (Wildman–Crippen MR) is 68.4 cm³/mol. The van der Waals surface area contributed by atoms with Gasteiger partial charge < -0.3 is 15.4 Å². The first kappa shape index (κ1) is 10.9. The highest BCUT2D eigenvalue weighted by Gasteiger charge is 2.22. The molecule has 0 aliphatic carbocycles. The van der Waals surface area contributed by atoms with E-state index in [0.717, 1.165) is 29.1 Å². The van der Waals surface area contributed by atoms with Crippen LogP contribution in [0.5, 0.6) is 0 Å². The molecule has 0 spiro atoms. The van der Waals surface area contributed by atoms with Crippen molar-refractivity contribution in [3.05, 3.63) is 17.8 Å². The number of hydrogen-bond donors (Lipinski definition) is 1. The Morgan fingerprint density at radius 3 is 3.35 bits per heavy atom. The Balaban J connectivity index is 1.94. The van der Waals surface area contributed by atoms with Crippen LogP contribution in [0.15, 0.2) is 17.8 Å². The molecule has 0 saturated carbocycles. The summed E-state index contributed by atoms with van der Waals surface area (Å²) in [5, 5.41) is 3.17. The fraction of sp³-hybridized carbons (Fsp3) is 0.455. The summed E-state index contributed by atoms with van der Waals surface area (Å²) in [6.45, 7) is 2.92. The second kappa shape index (κ2) is 4.56. The minimum absolute atomic E-state index is 0.104. The molecule has 1 fully saturated rings. The van der Waals surface area contributed by atoms with Crippen molar-refractivity contribution in [2.75, 3.05) is 31.1 Å². The molecule has 0 amide bonds. The summed E-state index contributed by atoms with van der Waals surface area (Å²) in [5.41, 5.74) is 5.65. The molecule has 0 aromatic carbocycles. The molecule has 3 rings (SSSR count). The number of ether oxygens (including phenoxy) is 1. The van der Waals surface area contributed by atoms with E-state index in [0.29, 0.717) is 13.2 Å². The fourth-order valence-corrected chi connectivity index (χ4v) is 2.81. The SMILES string of the molecule is NCC1CN(c2ncnc3sccc23)CCO1. The maximum atomic E-state index is 5.65. The number of morpholine rings is 1. The van der Waals surface area contributed by atoms with Crippen molar-refractivity contribution < 1.29 is 4.74 Å². The standard InChI is InChI=1S/C11H14N4OS/c12-5-8-6-15(2-3-16-8)10-9-1-4-17-11(9)14-7-13-10/h1,4,7-8H,2-3,5-6,12H2. The van der Waals surface area contributed by atoms with Gasteiger partial charge in [-0.3, -0.25) is 0 Å². The van der Waals surface area contributed by atoms with E-state index in [9.17, 15) is 0 Å². The molecule has 17 heavy (non-hydrogen) atoms. The van der Waals surface area contributed by atoms with Crippen molar-refractivity contribution in [1.29, 1.82) is 0 Å². The van der Waals surface area contributed by atoms with Crippen molar-refractivity contribution >= 4 is 27.4 Å². The van der Waals surface area contributed by atoms with Crippen molar-refractivity contribution in [3.8, 4) is 0 Å². The molecule has 1 aliphatic heterocycles. The Hall–Kier alpha value is -1.24. The minimum Gasteiger partial charge on any atom is -0.373 e. The Morgan fingerprint density at radius 1 is 1.53 bits per heavy atom. The normalized spacial score (nSPS) is 21.0. The lowest BCUT2D eigenvalue weighted by atomic mass is 10.2. The van der Waals surface area contributed by atoms with E-state index in [1.54, 1.807) is 17.7 Å². The summed E-state index contributed by atoms with van der Waals surface area (Å²) in [4.78, 5) is 11.9. The van der Waals surface area contributed by atoms with Gasteiger partial charge in [0, 0.05) is 19.6 Å². The van der Waals surface area contributed by atoms with E-state index in [-0.39, 0.29) is 6.10 Å². The van der Waals surface area contributed by atoms with E-state index in [1.807, 2.05) is 5.38 Å². The molecule has 2 N–H and O–H groups in total. The largest absolute Gasteiger partial charge is 0.373 e. The maximum Gasteiger partial charge on any atom is 0.140 e. The summed E-state index contributed by atoms with van der Waals surface area (Å²) >= 11 is 1.64. The second-order valence-corrected chi connectivity index (χ2v) is 4.91. The monoisotopic (exact) mass is 250 g/mol. The van der Waals surface area contributed by atoms with Gasteiger partial charge in [-0.05, 0) is 11.4 Å². The van der Waals surface area contributed by atoms with Gasteiger partial charge in [0.25, 0.3) is 0 Å². The van der Waals surface area contributed by atoms with Crippen molar-refractivity contribution in [1.82, 2.24) is 9.97 Å². The molecule has 5 nitrogen and oxygen atoms in total. The zero-order valence-electron chi connectivity index (χ0n) is 9.37. The van der Waals surface area contributed by atoms with Gasteiger partial charge in [-0.15, -0.1) is 11.3 Å². The zero-order valence-corrected chi connectivity index (χ0v) is 10.2. The lowest BCUT2D eigenvalue weighted by Crippen LogP contribution is -2.46. The van der Waals surface area contributed by atoms with E-state index in [1.165, 1.54) is 0 Å². The first-order valence-electron chi connectivity index (χ1n) is 5.63. The summed E-state index contributed by atoms with van der Waals surface area (Å²) < 4.78 is 5.56. The Bertz CT molecular complexity index is 515. The summed E-state index contributed by atoms with van der Waals surface area (Å²) in [7, 11) is 0. The highest BCUT2D eigenvalue weighted by molar-refractivity contribution is 7.16. The molecular formula is C11H14N4OS. The van der Waals surface area contributed by atoms with Gasteiger partial charge in [-0.25, -0.2) is 9.97 Å². The third-order valence-corrected chi connectivity index (χ3v) is 3.76. The first-order valence-corrected chi connectivity index (χ1v) is 6.51. The topological polar surface area (TPSA) is 64.3 Å². The summed E-state index contributed by atoms with van der Waals surface area (Å²) in [6.07, 6.45) is 1.73. The van der Waals surface area contributed by atoms with Gasteiger partial charge in [0.2, 0.25) is 0 Å². The fourth-order valence-electron chi connectivity index (χ4n) is 2.08. The van der Waals surface area contributed by atoms with Gasteiger partial charge in [0.05, 0.1) is 18.1 Å². The molecule has 2 aromatic heterocycles. The van der Waals surface area contributed by atoms with Crippen molar-refractivity contribution in [3.63, 3.8) is 0 Å². The summed E-state index contributed by atoms with van der Waals surface area (Å²) in [5.74, 6) is 0.998. The van der Waals surface area contributed by atoms with Crippen LogP contribution in [0.1, 0.15) is 0 Å².